The average molecular weight is 340 g/mol. The smallest absolute Gasteiger partial charge is 0.146 e. The first-order chi connectivity index (χ1) is 9.74. The van der Waals surface area contributed by atoms with Gasteiger partial charge in [-0.25, -0.2) is 5.84 Å². The molecule has 0 amide bonds. The molecule has 0 atom stereocenters. The lowest BCUT2D eigenvalue weighted by Crippen LogP contribution is -2.32. The Balaban J connectivity index is 2.26. The maximum absolute atomic E-state index is 5.67. The molecule has 0 heterocycles. The molecule has 3 N–H and O–H groups in total. The fourth-order valence-corrected chi connectivity index (χ4v) is 2.95. The van der Waals surface area contributed by atoms with Crippen LogP contribution in [-0.2, 0) is 0 Å². The lowest BCUT2D eigenvalue weighted by Gasteiger charge is -2.15. The molecule has 1 aliphatic carbocycles. The Kier molecular flexibility index (Phi) is 5.86. The van der Waals surface area contributed by atoms with Crippen LogP contribution in [0.25, 0.3) is 0 Å². The Morgan fingerprint density at radius 2 is 2.00 bits per heavy atom. The molecule has 20 heavy (non-hydrogen) atoms. The van der Waals surface area contributed by atoms with Crippen molar-refractivity contribution in [2.24, 2.45) is 10.8 Å². The Morgan fingerprint density at radius 1 is 1.30 bits per heavy atom. The van der Waals surface area contributed by atoms with Gasteiger partial charge in [-0.3, -0.25) is 4.99 Å². The molecule has 1 aromatic rings. The maximum atomic E-state index is 5.67. The summed E-state index contributed by atoms with van der Waals surface area (Å²) in [5.41, 5.74) is 3.64. The van der Waals surface area contributed by atoms with E-state index in [4.69, 9.17) is 15.6 Å². The van der Waals surface area contributed by atoms with E-state index in [0.29, 0.717) is 11.9 Å². The van der Waals surface area contributed by atoms with Gasteiger partial charge in [0, 0.05) is 4.47 Å². The zero-order valence-electron chi connectivity index (χ0n) is 11.9. The summed E-state index contributed by atoms with van der Waals surface area (Å²) >= 11 is 3.45. The van der Waals surface area contributed by atoms with Crippen molar-refractivity contribution >= 4 is 21.8 Å². The number of hydrazine groups is 1. The number of benzene rings is 1. The van der Waals surface area contributed by atoms with Crippen molar-refractivity contribution in [1.82, 2.24) is 5.43 Å². The molecule has 0 spiro atoms. The van der Waals surface area contributed by atoms with Gasteiger partial charge in [0.1, 0.15) is 11.6 Å². The second-order valence-corrected chi connectivity index (χ2v) is 6.03. The maximum Gasteiger partial charge on any atom is 0.146 e. The molecule has 1 saturated carbocycles. The number of nitrogens with two attached hydrogens (primary N) is 1. The zero-order valence-corrected chi connectivity index (χ0v) is 13.4. The number of nitrogens with zero attached hydrogens (tertiary/aromatic N) is 1. The van der Waals surface area contributed by atoms with Crippen LogP contribution in [0.4, 0.5) is 0 Å². The van der Waals surface area contributed by atoms with E-state index in [0.717, 1.165) is 28.6 Å². The number of aliphatic imine (C=N–C) groups is 1. The van der Waals surface area contributed by atoms with E-state index in [1.54, 1.807) is 7.11 Å². The molecular formula is C15H22BrN3O. The number of nitrogens with one attached hydrogen (secondary N) is 1. The summed E-state index contributed by atoms with van der Waals surface area (Å²) in [7, 11) is 1.66. The largest absolute Gasteiger partial charge is 0.496 e. The van der Waals surface area contributed by atoms with E-state index in [1.165, 1.54) is 25.7 Å². The molecule has 1 aromatic carbocycles. The van der Waals surface area contributed by atoms with Gasteiger partial charge in [-0.2, -0.15) is 0 Å². The van der Waals surface area contributed by atoms with Crippen LogP contribution in [-0.4, -0.2) is 19.0 Å². The summed E-state index contributed by atoms with van der Waals surface area (Å²) in [6.07, 6.45) is 7.43. The van der Waals surface area contributed by atoms with Gasteiger partial charge in [0.2, 0.25) is 0 Å². The van der Waals surface area contributed by atoms with Crippen molar-refractivity contribution in [3.05, 3.63) is 28.2 Å². The summed E-state index contributed by atoms with van der Waals surface area (Å²) in [6.45, 7) is 0. The molecule has 0 aromatic heterocycles. The highest BCUT2D eigenvalue weighted by Gasteiger charge is 2.15. The van der Waals surface area contributed by atoms with E-state index < -0.39 is 0 Å². The minimum absolute atomic E-state index is 0.358. The molecule has 110 valence electrons. The van der Waals surface area contributed by atoms with Gasteiger partial charge in [0.05, 0.1) is 18.7 Å². The number of hydrogen-bond donors (Lipinski definition) is 2. The lowest BCUT2D eigenvalue weighted by atomic mass is 10.1. The van der Waals surface area contributed by atoms with Crippen LogP contribution >= 0.6 is 15.9 Å². The molecule has 0 saturated heterocycles. The van der Waals surface area contributed by atoms with Crippen LogP contribution < -0.4 is 16.0 Å². The third-order valence-electron chi connectivity index (χ3n) is 3.69. The fourth-order valence-electron chi connectivity index (χ4n) is 2.61. The van der Waals surface area contributed by atoms with Crippen LogP contribution in [0.5, 0.6) is 5.75 Å². The lowest BCUT2D eigenvalue weighted by molar-refractivity contribution is 0.413. The summed E-state index contributed by atoms with van der Waals surface area (Å²) < 4.78 is 6.39. The zero-order chi connectivity index (χ0) is 14.4. The van der Waals surface area contributed by atoms with Crippen molar-refractivity contribution in [1.29, 1.82) is 0 Å². The Hall–Kier alpha value is -1.07. The normalized spacial score (nSPS) is 17.6. The monoisotopic (exact) mass is 339 g/mol. The van der Waals surface area contributed by atoms with Crippen LogP contribution in [0.3, 0.4) is 0 Å². The number of amidine groups is 1. The van der Waals surface area contributed by atoms with Gasteiger partial charge < -0.3 is 10.2 Å². The summed E-state index contributed by atoms with van der Waals surface area (Å²) in [6, 6.07) is 6.22. The van der Waals surface area contributed by atoms with Crippen LogP contribution in [0, 0.1) is 0 Å². The third kappa shape index (κ3) is 3.96. The topological polar surface area (TPSA) is 59.6 Å². The van der Waals surface area contributed by atoms with Crippen LogP contribution in [0.1, 0.15) is 44.1 Å². The molecular weight excluding hydrogens is 318 g/mol. The molecule has 1 aliphatic rings. The van der Waals surface area contributed by atoms with E-state index in [1.807, 2.05) is 18.2 Å². The van der Waals surface area contributed by atoms with E-state index >= 15 is 0 Å². The minimum Gasteiger partial charge on any atom is -0.496 e. The van der Waals surface area contributed by atoms with Gasteiger partial charge in [0.25, 0.3) is 0 Å². The third-order valence-corrected chi connectivity index (χ3v) is 4.19. The van der Waals surface area contributed by atoms with Gasteiger partial charge >= 0.3 is 0 Å². The van der Waals surface area contributed by atoms with Crippen LogP contribution in [0.2, 0.25) is 0 Å². The first-order valence-electron chi connectivity index (χ1n) is 7.13. The Bertz CT molecular complexity index is 468. The molecule has 0 aliphatic heterocycles. The number of halogens is 1. The number of ether oxygens (including phenoxy) is 1. The molecule has 0 unspecified atom stereocenters. The Morgan fingerprint density at radius 3 is 2.60 bits per heavy atom. The number of methoxy groups -OCH3 is 1. The van der Waals surface area contributed by atoms with Gasteiger partial charge in [-0.15, -0.1) is 0 Å². The Labute approximate surface area is 128 Å². The van der Waals surface area contributed by atoms with Crippen molar-refractivity contribution in [3.63, 3.8) is 0 Å². The first-order valence-corrected chi connectivity index (χ1v) is 7.92. The van der Waals surface area contributed by atoms with E-state index in [2.05, 4.69) is 21.4 Å². The fraction of sp³-hybridized carbons (Fsp3) is 0.533. The predicted molar refractivity (Wildman–Crippen MR) is 86.0 cm³/mol. The molecule has 1 fully saturated rings. The van der Waals surface area contributed by atoms with Crippen molar-refractivity contribution < 1.29 is 4.74 Å². The molecule has 0 bridgehead atoms. The highest BCUT2D eigenvalue weighted by atomic mass is 79.9. The van der Waals surface area contributed by atoms with Gasteiger partial charge in [0.15, 0.2) is 0 Å². The van der Waals surface area contributed by atoms with Gasteiger partial charge in [-0.05, 0) is 31.0 Å². The van der Waals surface area contributed by atoms with Crippen LogP contribution in [0.15, 0.2) is 27.7 Å². The quantitative estimate of drug-likeness (QED) is 0.292. The summed E-state index contributed by atoms with van der Waals surface area (Å²) in [5, 5.41) is 0. The molecule has 4 nitrogen and oxygen atoms in total. The number of rotatable bonds is 3. The highest BCUT2D eigenvalue weighted by Crippen LogP contribution is 2.25. The van der Waals surface area contributed by atoms with Crippen molar-refractivity contribution in [3.8, 4) is 5.75 Å². The summed E-state index contributed by atoms with van der Waals surface area (Å²) in [4.78, 5) is 4.81. The summed E-state index contributed by atoms with van der Waals surface area (Å²) in [5.74, 6) is 7.15. The van der Waals surface area contributed by atoms with E-state index in [9.17, 15) is 0 Å². The molecule has 5 heteroatoms. The highest BCUT2D eigenvalue weighted by molar-refractivity contribution is 9.10. The standard InChI is InChI=1S/C15H22BrN3O/c1-20-14-10-11(16)8-9-13(14)15(19-17)18-12-6-4-2-3-5-7-12/h8-10,12H,2-7,17H2,1H3,(H,18,19). The molecule has 0 radical (unpaired) electrons. The average Bonchev–Trinajstić information content (AvgIpc) is 2.73. The SMILES string of the molecule is COc1cc(Br)ccc1C(=NC1CCCCCC1)NN. The van der Waals surface area contributed by atoms with Crippen molar-refractivity contribution in [2.45, 2.75) is 44.6 Å². The van der Waals surface area contributed by atoms with Gasteiger partial charge in [-0.1, -0.05) is 41.6 Å². The predicted octanol–water partition coefficient (Wildman–Crippen LogP) is 3.39. The van der Waals surface area contributed by atoms with Crippen molar-refractivity contribution in [2.75, 3.05) is 7.11 Å². The number of hydrogen-bond acceptors (Lipinski definition) is 3. The first kappa shape index (κ1) is 15.3. The molecule has 2 rings (SSSR count). The second-order valence-electron chi connectivity index (χ2n) is 5.11. The second kappa shape index (κ2) is 7.64. The minimum atomic E-state index is 0.358. The van der Waals surface area contributed by atoms with E-state index in [-0.39, 0.29) is 0 Å².